The molecule has 0 saturated heterocycles. The van der Waals surface area contributed by atoms with Crippen LogP contribution in [0.2, 0.25) is 5.02 Å². The van der Waals surface area contributed by atoms with Crippen LogP contribution in [0, 0.1) is 6.92 Å². The van der Waals surface area contributed by atoms with Crippen molar-refractivity contribution in [3.8, 4) is 22.7 Å². The van der Waals surface area contributed by atoms with Crippen LogP contribution in [-0.2, 0) is 6.61 Å². The molecule has 0 aliphatic heterocycles. The van der Waals surface area contributed by atoms with E-state index in [1.165, 1.54) is 0 Å². The standard InChI is InChI=1S/C36H27BrClN3O2/c1-24-14-19-34(27-9-3-2-4-10-27)41(24)30-17-15-28(16-18-30)36(42)40-39-22-25-20-32(37)35(33(38)21-25)43-23-29-12-7-11-26-8-5-6-13-31(26)29/h2-22H,23H2,1H3,(H,40,42). The maximum absolute atomic E-state index is 12.8. The van der Waals surface area contributed by atoms with Gasteiger partial charge in [0, 0.05) is 16.9 Å². The highest BCUT2D eigenvalue weighted by Gasteiger charge is 2.12. The number of nitrogens with zero attached hydrogens (tertiary/aromatic N) is 2. The van der Waals surface area contributed by atoms with Crippen LogP contribution in [0.1, 0.15) is 27.2 Å². The molecule has 0 bridgehead atoms. The predicted molar refractivity (Wildman–Crippen MR) is 178 cm³/mol. The molecule has 1 amide bonds. The van der Waals surface area contributed by atoms with E-state index < -0.39 is 0 Å². The fourth-order valence-corrected chi connectivity index (χ4v) is 6.06. The lowest BCUT2D eigenvalue weighted by molar-refractivity contribution is 0.0955. The van der Waals surface area contributed by atoms with Crippen molar-refractivity contribution in [3.63, 3.8) is 0 Å². The summed E-state index contributed by atoms with van der Waals surface area (Å²) < 4.78 is 8.96. The highest BCUT2D eigenvalue weighted by Crippen LogP contribution is 2.35. The minimum absolute atomic E-state index is 0.310. The van der Waals surface area contributed by atoms with Crippen LogP contribution in [0.5, 0.6) is 5.75 Å². The Morgan fingerprint density at radius 1 is 0.907 bits per heavy atom. The number of benzene rings is 5. The summed E-state index contributed by atoms with van der Waals surface area (Å²) in [5.41, 5.74) is 9.19. The Morgan fingerprint density at radius 3 is 2.44 bits per heavy atom. The van der Waals surface area contributed by atoms with Crippen molar-refractivity contribution in [2.45, 2.75) is 13.5 Å². The van der Waals surface area contributed by atoms with E-state index in [4.69, 9.17) is 16.3 Å². The van der Waals surface area contributed by atoms with Gasteiger partial charge in [0.2, 0.25) is 0 Å². The summed E-state index contributed by atoms with van der Waals surface area (Å²) in [6.07, 6.45) is 1.55. The molecule has 7 heteroatoms. The van der Waals surface area contributed by atoms with E-state index in [9.17, 15) is 4.79 Å². The van der Waals surface area contributed by atoms with Crippen LogP contribution >= 0.6 is 27.5 Å². The van der Waals surface area contributed by atoms with Crippen LogP contribution in [-0.4, -0.2) is 16.7 Å². The first-order valence-electron chi connectivity index (χ1n) is 13.7. The Morgan fingerprint density at radius 2 is 1.65 bits per heavy atom. The summed E-state index contributed by atoms with van der Waals surface area (Å²) in [6.45, 7) is 2.44. The molecule has 6 rings (SSSR count). The van der Waals surface area contributed by atoms with Crippen LogP contribution in [0.15, 0.2) is 131 Å². The largest absolute Gasteiger partial charge is 0.486 e. The van der Waals surface area contributed by atoms with Gasteiger partial charge in [-0.25, -0.2) is 5.43 Å². The van der Waals surface area contributed by atoms with Crippen molar-refractivity contribution < 1.29 is 9.53 Å². The third-order valence-electron chi connectivity index (χ3n) is 7.19. The Kier molecular flexibility index (Phi) is 8.40. The first kappa shape index (κ1) is 28.5. The van der Waals surface area contributed by atoms with Gasteiger partial charge >= 0.3 is 0 Å². The van der Waals surface area contributed by atoms with E-state index in [0.717, 1.165) is 39.0 Å². The Labute approximate surface area is 263 Å². The van der Waals surface area contributed by atoms with E-state index in [-0.39, 0.29) is 5.91 Å². The number of carbonyl (C=O) groups is 1. The molecular formula is C36H27BrClN3O2. The third kappa shape index (κ3) is 6.26. The molecule has 0 aliphatic rings. The number of aromatic nitrogens is 1. The number of nitrogens with one attached hydrogen (secondary N) is 1. The highest BCUT2D eigenvalue weighted by molar-refractivity contribution is 9.10. The molecule has 0 atom stereocenters. The second-order valence-electron chi connectivity index (χ2n) is 10.0. The number of fused-ring (bicyclic) bond motifs is 1. The molecule has 5 nitrogen and oxygen atoms in total. The molecule has 0 unspecified atom stereocenters. The van der Waals surface area contributed by atoms with Crippen molar-refractivity contribution in [2.24, 2.45) is 5.10 Å². The van der Waals surface area contributed by atoms with Gasteiger partial charge in [-0.3, -0.25) is 4.79 Å². The zero-order valence-electron chi connectivity index (χ0n) is 23.3. The number of hydrogen-bond donors (Lipinski definition) is 1. The van der Waals surface area contributed by atoms with Crippen molar-refractivity contribution in [3.05, 3.63) is 153 Å². The van der Waals surface area contributed by atoms with Crippen molar-refractivity contribution >= 4 is 50.4 Å². The number of aryl methyl sites for hydroxylation is 1. The number of hydrazone groups is 1. The Hall–Kier alpha value is -4.65. The molecule has 1 heterocycles. The summed E-state index contributed by atoms with van der Waals surface area (Å²) >= 11 is 10.1. The summed E-state index contributed by atoms with van der Waals surface area (Å²) in [4.78, 5) is 12.8. The van der Waals surface area contributed by atoms with Crippen LogP contribution in [0.4, 0.5) is 0 Å². The van der Waals surface area contributed by atoms with E-state index in [0.29, 0.717) is 33.0 Å². The fraction of sp³-hybridized carbons (Fsp3) is 0.0556. The second kappa shape index (κ2) is 12.7. The normalized spacial score (nSPS) is 11.2. The summed E-state index contributed by atoms with van der Waals surface area (Å²) in [7, 11) is 0. The molecule has 0 spiro atoms. The van der Waals surface area contributed by atoms with Gasteiger partial charge in [0.15, 0.2) is 5.75 Å². The molecule has 43 heavy (non-hydrogen) atoms. The molecule has 212 valence electrons. The maximum atomic E-state index is 12.8. The van der Waals surface area contributed by atoms with Gasteiger partial charge in [0.1, 0.15) is 6.61 Å². The smallest absolute Gasteiger partial charge is 0.271 e. The zero-order valence-corrected chi connectivity index (χ0v) is 25.6. The molecule has 0 aliphatic carbocycles. The number of rotatable bonds is 8. The topological polar surface area (TPSA) is 55.6 Å². The molecule has 6 aromatic rings. The van der Waals surface area contributed by atoms with Crippen molar-refractivity contribution in [1.29, 1.82) is 0 Å². The summed E-state index contributed by atoms with van der Waals surface area (Å²) in [5.74, 6) is 0.236. The fourth-order valence-electron chi connectivity index (χ4n) is 5.07. The predicted octanol–water partition coefficient (Wildman–Crippen LogP) is 9.36. The average molecular weight is 649 g/mol. The monoisotopic (exact) mass is 647 g/mol. The van der Waals surface area contributed by atoms with Gasteiger partial charge < -0.3 is 9.30 Å². The van der Waals surface area contributed by atoms with E-state index >= 15 is 0 Å². The van der Waals surface area contributed by atoms with Crippen LogP contribution in [0.25, 0.3) is 27.7 Å². The van der Waals surface area contributed by atoms with E-state index in [1.807, 2.05) is 60.7 Å². The summed E-state index contributed by atoms with van der Waals surface area (Å²) in [6, 6.07) is 39.8. The van der Waals surface area contributed by atoms with Crippen molar-refractivity contribution in [2.75, 3.05) is 0 Å². The van der Waals surface area contributed by atoms with Gasteiger partial charge in [0.05, 0.1) is 21.4 Å². The molecular weight excluding hydrogens is 622 g/mol. The molecule has 0 saturated carbocycles. The van der Waals surface area contributed by atoms with Gasteiger partial charge in [-0.1, -0.05) is 84.4 Å². The van der Waals surface area contributed by atoms with Gasteiger partial charge in [-0.15, -0.1) is 0 Å². The van der Waals surface area contributed by atoms with Crippen LogP contribution < -0.4 is 10.2 Å². The highest BCUT2D eigenvalue weighted by atomic mass is 79.9. The maximum Gasteiger partial charge on any atom is 0.271 e. The molecule has 0 fully saturated rings. The average Bonchev–Trinajstić information content (AvgIpc) is 3.42. The molecule has 0 radical (unpaired) electrons. The Balaban J connectivity index is 1.11. The number of carbonyl (C=O) groups excluding carboxylic acids is 1. The summed E-state index contributed by atoms with van der Waals surface area (Å²) in [5, 5.41) is 6.89. The lowest BCUT2D eigenvalue weighted by Gasteiger charge is -2.13. The Bertz CT molecular complexity index is 1920. The molecule has 1 N–H and O–H groups in total. The molecule has 1 aromatic heterocycles. The first-order chi connectivity index (χ1) is 21.0. The minimum Gasteiger partial charge on any atom is -0.486 e. The van der Waals surface area contributed by atoms with Gasteiger partial charge in [0.25, 0.3) is 5.91 Å². The van der Waals surface area contributed by atoms with Crippen LogP contribution in [0.3, 0.4) is 0 Å². The number of halogens is 2. The van der Waals surface area contributed by atoms with Gasteiger partial charge in [-0.05, 0) is 98.8 Å². The first-order valence-corrected chi connectivity index (χ1v) is 14.9. The number of amides is 1. The number of hydrogen-bond acceptors (Lipinski definition) is 3. The van der Waals surface area contributed by atoms with E-state index in [1.54, 1.807) is 24.4 Å². The third-order valence-corrected chi connectivity index (χ3v) is 8.06. The number of ether oxygens (including phenoxy) is 1. The molecule has 5 aromatic carbocycles. The lowest BCUT2D eigenvalue weighted by Crippen LogP contribution is -2.17. The quantitative estimate of drug-likeness (QED) is 0.132. The van der Waals surface area contributed by atoms with Crippen molar-refractivity contribution in [1.82, 2.24) is 9.99 Å². The SMILES string of the molecule is Cc1ccc(-c2ccccc2)n1-c1ccc(C(=O)NN=Cc2cc(Cl)c(OCc3cccc4ccccc34)c(Br)c2)cc1. The van der Waals surface area contributed by atoms with Gasteiger partial charge in [-0.2, -0.15) is 5.10 Å². The zero-order chi connectivity index (χ0) is 29.8. The minimum atomic E-state index is -0.310. The lowest BCUT2D eigenvalue weighted by atomic mass is 10.1. The second-order valence-corrected chi connectivity index (χ2v) is 11.3. The van der Waals surface area contributed by atoms with E-state index in [2.05, 4.69) is 80.4 Å².